The van der Waals surface area contributed by atoms with Gasteiger partial charge in [-0.1, -0.05) is 35.3 Å². The van der Waals surface area contributed by atoms with Crippen LogP contribution in [0.2, 0.25) is 10.0 Å². The predicted molar refractivity (Wildman–Crippen MR) is 166 cm³/mol. The highest BCUT2D eigenvalue weighted by Gasteiger charge is 2.57. The van der Waals surface area contributed by atoms with Crippen molar-refractivity contribution in [3.8, 4) is 5.75 Å². The zero-order chi connectivity index (χ0) is 29.6. The van der Waals surface area contributed by atoms with Gasteiger partial charge in [0.25, 0.3) is 11.8 Å². The molecular weight excluding hydrogens is 559 g/mol. The van der Waals surface area contributed by atoms with Crippen LogP contribution in [0.25, 0.3) is 0 Å². The number of quaternary nitrogens is 1. The van der Waals surface area contributed by atoms with Crippen molar-refractivity contribution in [1.82, 2.24) is 15.1 Å². The highest BCUT2D eigenvalue weighted by Crippen LogP contribution is 2.40. The molecule has 2 fully saturated rings. The fourth-order valence-corrected chi connectivity index (χ4v) is 7.36. The standard InChI is InChI=1S/C32H45Cl2N4O3/c1-36(2)31(40)32(14-16-35-17-15-32)38(18-6-5-7-19-38)20-13-26(24-11-12-28(33)29(34)22-24)23-37(3)30(39)25-9-8-10-27(21-25)41-4/h8-12,21-22,26,35H,5-7,13-20,23H2,1-4H3/q+1. The maximum Gasteiger partial charge on any atom is 0.283 e. The monoisotopic (exact) mass is 603 g/mol. The molecule has 2 aromatic carbocycles. The van der Waals surface area contributed by atoms with Crippen molar-refractivity contribution in [2.24, 2.45) is 0 Å². The fourth-order valence-electron chi connectivity index (χ4n) is 7.05. The van der Waals surface area contributed by atoms with Crippen LogP contribution in [0.5, 0.6) is 5.75 Å². The maximum absolute atomic E-state index is 14.0. The molecule has 2 aliphatic heterocycles. The Morgan fingerprint density at radius 2 is 1.71 bits per heavy atom. The van der Waals surface area contributed by atoms with E-state index < -0.39 is 5.54 Å². The second kappa shape index (κ2) is 13.8. The molecule has 0 aliphatic carbocycles. The molecule has 7 nitrogen and oxygen atoms in total. The van der Waals surface area contributed by atoms with Gasteiger partial charge >= 0.3 is 0 Å². The summed E-state index contributed by atoms with van der Waals surface area (Å²) in [6.45, 7) is 5.11. The molecule has 9 heteroatoms. The molecule has 0 spiro atoms. The van der Waals surface area contributed by atoms with Crippen LogP contribution in [0.3, 0.4) is 0 Å². The van der Waals surface area contributed by atoms with E-state index in [0.717, 1.165) is 74.9 Å². The number of nitrogens with one attached hydrogen (secondary N) is 1. The first-order chi connectivity index (χ1) is 19.6. The van der Waals surface area contributed by atoms with Crippen LogP contribution in [0.4, 0.5) is 0 Å². The number of likely N-dealkylation sites (tertiary alicyclic amines) is 1. The van der Waals surface area contributed by atoms with Crippen molar-refractivity contribution < 1.29 is 18.8 Å². The normalized spacial score (nSPS) is 18.8. The number of piperidine rings is 2. The lowest BCUT2D eigenvalue weighted by atomic mass is 9.79. The molecule has 2 saturated heterocycles. The molecule has 0 radical (unpaired) electrons. The van der Waals surface area contributed by atoms with Gasteiger partial charge in [-0.05, 0) is 55.2 Å². The summed E-state index contributed by atoms with van der Waals surface area (Å²) in [6.07, 6.45) is 5.97. The van der Waals surface area contributed by atoms with E-state index in [9.17, 15) is 9.59 Å². The summed E-state index contributed by atoms with van der Waals surface area (Å²) in [6, 6.07) is 13.1. The number of carbonyl (C=O) groups excluding carboxylic acids is 2. The minimum absolute atomic E-state index is 0.0227. The van der Waals surface area contributed by atoms with Crippen molar-refractivity contribution in [2.75, 3.05) is 67.5 Å². The third-order valence-corrected chi connectivity index (χ3v) is 10.0. The number of nitrogens with zero attached hydrogens (tertiary/aromatic N) is 3. The topological polar surface area (TPSA) is 61.9 Å². The summed E-state index contributed by atoms with van der Waals surface area (Å²) < 4.78 is 6.16. The van der Waals surface area contributed by atoms with Crippen molar-refractivity contribution in [1.29, 1.82) is 0 Å². The third kappa shape index (κ3) is 6.85. The van der Waals surface area contributed by atoms with E-state index in [0.29, 0.717) is 27.9 Å². The second-order valence-corrected chi connectivity index (χ2v) is 12.7. The average Bonchev–Trinajstić information content (AvgIpc) is 3.00. The first-order valence-electron chi connectivity index (χ1n) is 14.8. The molecule has 0 saturated carbocycles. The van der Waals surface area contributed by atoms with E-state index in [4.69, 9.17) is 27.9 Å². The third-order valence-electron chi connectivity index (χ3n) is 9.29. The lowest BCUT2D eigenvalue weighted by Crippen LogP contribution is -2.74. The van der Waals surface area contributed by atoms with E-state index in [1.807, 2.05) is 57.5 Å². The summed E-state index contributed by atoms with van der Waals surface area (Å²) in [5, 5.41) is 4.52. The number of likely N-dealkylation sites (N-methyl/N-ethyl adjacent to an activating group) is 2. The van der Waals surface area contributed by atoms with Gasteiger partial charge in [0, 0.05) is 71.5 Å². The minimum Gasteiger partial charge on any atom is -0.497 e. The van der Waals surface area contributed by atoms with Gasteiger partial charge in [0.2, 0.25) is 0 Å². The summed E-state index contributed by atoms with van der Waals surface area (Å²) in [5.74, 6) is 0.861. The molecule has 1 unspecified atom stereocenters. The Morgan fingerprint density at radius 3 is 2.34 bits per heavy atom. The summed E-state index contributed by atoms with van der Waals surface area (Å²) in [7, 11) is 7.24. The van der Waals surface area contributed by atoms with Crippen LogP contribution in [-0.4, -0.2) is 99.2 Å². The Morgan fingerprint density at radius 1 is 1.00 bits per heavy atom. The first-order valence-corrected chi connectivity index (χ1v) is 15.5. The maximum atomic E-state index is 14.0. The molecule has 224 valence electrons. The zero-order valence-electron chi connectivity index (χ0n) is 24.9. The van der Waals surface area contributed by atoms with E-state index in [1.54, 1.807) is 23.0 Å². The van der Waals surface area contributed by atoms with Crippen LogP contribution < -0.4 is 10.1 Å². The smallest absolute Gasteiger partial charge is 0.283 e. The highest BCUT2D eigenvalue weighted by atomic mass is 35.5. The lowest BCUT2D eigenvalue weighted by molar-refractivity contribution is -0.972. The molecule has 2 heterocycles. The number of methoxy groups -OCH3 is 1. The highest BCUT2D eigenvalue weighted by molar-refractivity contribution is 6.42. The van der Waals surface area contributed by atoms with Crippen LogP contribution in [0.15, 0.2) is 42.5 Å². The van der Waals surface area contributed by atoms with Gasteiger partial charge in [0.1, 0.15) is 5.75 Å². The van der Waals surface area contributed by atoms with Crippen molar-refractivity contribution >= 4 is 35.0 Å². The lowest BCUT2D eigenvalue weighted by Gasteiger charge is -2.56. The molecule has 1 atom stereocenters. The number of amides is 2. The van der Waals surface area contributed by atoms with Gasteiger partial charge in [0.15, 0.2) is 5.54 Å². The summed E-state index contributed by atoms with van der Waals surface area (Å²) in [5.41, 5.74) is 1.21. The van der Waals surface area contributed by atoms with Crippen LogP contribution in [0, 0.1) is 0 Å². The number of hydrogen-bond donors (Lipinski definition) is 1. The Balaban J connectivity index is 1.65. The van der Waals surface area contributed by atoms with Gasteiger partial charge in [-0.2, -0.15) is 0 Å². The molecule has 1 N–H and O–H groups in total. The SMILES string of the molecule is COc1cccc(C(=O)N(C)CC(CC[N+]2(C3(C(=O)N(C)C)CCNCC3)CCCCC2)c2ccc(Cl)c(Cl)c2)c1. The van der Waals surface area contributed by atoms with Crippen molar-refractivity contribution in [2.45, 2.75) is 50.0 Å². The van der Waals surface area contributed by atoms with Crippen LogP contribution in [0.1, 0.15) is 60.4 Å². The summed E-state index contributed by atoms with van der Waals surface area (Å²) in [4.78, 5) is 31.1. The van der Waals surface area contributed by atoms with Gasteiger partial charge in [-0.3, -0.25) is 9.59 Å². The number of halogens is 2. The predicted octanol–water partition coefficient (Wildman–Crippen LogP) is 5.46. The average molecular weight is 605 g/mol. The van der Waals surface area contributed by atoms with Crippen molar-refractivity contribution in [3.63, 3.8) is 0 Å². The first kappa shape index (κ1) is 31.6. The Hall–Kier alpha value is -2.32. The minimum atomic E-state index is -0.431. The molecule has 0 aromatic heterocycles. The number of hydrogen-bond acceptors (Lipinski definition) is 4. The van der Waals surface area contributed by atoms with E-state index >= 15 is 0 Å². The molecule has 2 aliphatic rings. The Kier molecular flexibility index (Phi) is 10.6. The quantitative estimate of drug-likeness (QED) is 0.366. The number of ether oxygens (including phenoxy) is 1. The van der Waals surface area contributed by atoms with Gasteiger partial charge in [-0.15, -0.1) is 0 Å². The van der Waals surface area contributed by atoms with Gasteiger partial charge in [0.05, 0.1) is 36.8 Å². The van der Waals surface area contributed by atoms with E-state index in [2.05, 4.69) is 5.32 Å². The summed E-state index contributed by atoms with van der Waals surface area (Å²) >= 11 is 12.8. The second-order valence-electron chi connectivity index (χ2n) is 11.9. The number of carbonyl (C=O) groups is 2. The molecular formula is C32H45Cl2N4O3+. The number of benzene rings is 2. The van der Waals surface area contributed by atoms with Crippen molar-refractivity contribution in [3.05, 3.63) is 63.6 Å². The van der Waals surface area contributed by atoms with Crippen LogP contribution in [-0.2, 0) is 4.79 Å². The largest absolute Gasteiger partial charge is 0.497 e. The molecule has 4 rings (SSSR count). The Bertz CT molecular complexity index is 1210. The van der Waals surface area contributed by atoms with E-state index in [-0.39, 0.29) is 17.7 Å². The molecule has 2 amide bonds. The van der Waals surface area contributed by atoms with E-state index in [1.165, 1.54) is 6.42 Å². The molecule has 2 aromatic rings. The zero-order valence-corrected chi connectivity index (χ0v) is 26.4. The number of rotatable bonds is 10. The van der Waals surface area contributed by atoms with Gasteiger partial charge in [-0.25, -0.2) is 0 Å². The van der Waals surface area contributed by atoms with Crippen LogP contribution >= 0.6 is 23.2 Å². The molecule has 41 heavy (non-hydrogen) atoms. The Labute approximate surface area is 255 Å². The van der Waals surface area contributed by atoms with Gasteiger partial charge < -0.3 is 24.3 Å². The fraction of sp³-hybridized carbons (Fsp3) is 0.562. The molecule has 0 bridgehead atoms.